The minimum atomic E-state index is -0.0151. The Labute approximate surface area is 261 Å². The number of hydrogen-bond donors (Lipinski definition) is 1. The number of carbonyl (C=O) groups excluding carboxylic acids is 1. The Morgan fingerprint density at radius 2 is 1.57 bits per heavy atom. The SMILES string of the molecule is CCCCCCCCCCCCCCOc1cc(C(C)(C)C)ccc1CC(=O)Nc1cccc(CN2CSC=C2C)c1. The number of ether oxygens (including phenoxy) is 1. The molecule has 0 radical (unpaired) electrons. The van der Waals surface area contributed by atoms with Crippen LogP contribution in [0.3, 0.4) is 0 Å². The van der Waals surface area contributed by atoms with Crippen LogP contribution in [0.4, 0.5) is 5.69 Å². The monoisotopic (exact) mass is 592 g/mol. The summed E-state index contributed by atoms with van der Waals surface area (Å²) in [6.07, 6.45) is 16.2. The smallest absolute Gasteiger partial charge is 0.228 e. The molecule has 0 aromatic heterocycles. The highest BCUT2D eigenvalue weighted by molar-refractivity contribution is 8.02. The first-order chi connectivity index (χ1) is 20.3. The molecule has 0 saturated carbocycles. The standard InChI is InChI=1S/C37H56N2O2S/c1-6-7-8-9-10-11-12-13-14-15-16-17-23-41-35-26-33(37(3,4)5)22-21-32(35)25-36(40)38-34-20-18-19-31(24-34)27-39-29-42-28-30(39)2/h18-22,24,26,28H,6-17,23,25,27,29H2,1-5H3,(H,38,40). The third-order valence-electron chi connectivity index (χ3n) is 8.11. The lowest BCUT2D eigenvalue weighted by Gasteiger charge is -2.22. The number of thioether (sulfide) groups is 1. The van der Waals surface area contributed by atoms with Crippen molar-refractivity contribution in [1.29, 1.82) is 0 Å². The second-order valence-electron chi connectivity index (χ2n) is 13.0. The van der Waals surface area contributed by atoms with Crippen molar-refractivity contribution in [3.8, 4) is 5.75 Å². The molecule has 2 aromatic rings. The van der Waals surface area contributed by atoms with Crippen LogP contribution in [0.25, 0.3) is 0 Å². The van der Waals surface area contributed by atoms with Gasteiger partial charge in [0.25, 0.3) is 0 Å². The Balaban J connectivity index is 1.45. The maximum atomic E-state index is 13.1. The molecule has 0 bridgehead atoms. The fraction of sp³-hybridized carbons (Fsp3) is 0.595. The lowest BCUT2D eigenvalue weighted by atomic mass is 9.86. The van der Waals surface area contributed by atoms with Crippen molar-refractivity contribution in [3.05, 3.63) is 70.3 Å². The molecule has 1 amide bonds. The van der Waals surface area contributed by atoms with Gasteiger partial charge in [-0.05, 0) is 53.5 Å². The lowest BCUT2D eigenvalue weighted by Crippen LogP contribution is -2.18. The highest BCUT2D eigenvalue weighted by Gasteiger charge is 2.18. The molecule has 1 aliphatic rings. The molecule has 0 atom stereocenters. The number of carbonyl (C=O) groups is 1. The molecule has 5 heteroatoms. The summed E-state index contributed by atoms with van der Waals surface area (Å²) >= 11 is 1.83. The van der Waals surface area contributed by atoms with Crippen LogP contribution in [-0.4, -0.2) is 23.3 Å². The number of nitrogens with zero attached hydrogens (tertiary/aromatic N) is 1. The highest BCUT2D eigenvalue weighted by Crippen LogP contribution is 2.30. The molecule has 42 heavy (non-hydrogen) atoms. The zero-order chi connectivity index (χ0) is 30.2. The molecule has 1 N–H and O–H groups in total. The summed E-state index contributed by atoms with van der Waals surface area (Å²) in [6, 6.07) is 14.6. The van der Waals surface area contributed by atoms with E-state index in [1.165, 1.54) is 87.5 Å². The van der Waals surface area contributed by atoms with Crippen LogP contribution in [0.1, 0.15) is 128 Å². The molecule has 0 saturated heterocycles. The van der Waals surface area contributed by atoms with Crippen LogP contribution in [0.15, 0.2) is 53.6 Å². The lowest BCUT2D eigenvalue weighted by molar-refractivity contribution is -0.115. The van der Waals surface area contributed by atoms with Crippen molar-refractivity contribution in [2.75, 3.05) is 17.8 Å². The molecule has 1 aliphatic heterocycles. The van der Waals surface area contributed by atoms with Gasteiger partial charge < -0.3 is 15.0 Å². The minimum absolute atomic E-state index is 0.0151. The van der Waals surface area contributed by atoms with E-state index >= 15 is 0 Å². The van der Waals surface area contributed by atoms with E-state index in [0.29, 0.717) is 13.0 Å². The van der Waals surface area contributed by atoms with E-state index in [1.54, 1.807) is 0 Å². The highest BCUT2D eigenvalue weighted by atomic mass is 32.2. The number of benzene rings is 2. The third kappa shape index (κ3) is 12.5. The Hall–Kier alpha value is -2.40. The molecule has 2 aromatic carbocycles. The van der Waals surface area contributed by atoms with Crippen LogP contribution < -0.4 is 10.1 Å². The number of allylic oxidation sites excluding steroid dienone is 1. The molecule has 1 heterocycles. The van der Waals surface area contributed by atoms with Gasteiger partial charge in [0.15, 0.2) is 0 Å². The Kier molecular flexibility index (Phi) is 14.9. The van der Waals surface area contributed by atoms with Crippen LogP contribution >= 0.6 is 11.8 Å². The van der Waals surface area contributed by atoms with Crippen molar-refractivity contribution in [2.45, 2.75) is 130 Å². The predicted molar refractivity (Wildman–Crippen MR) is 182 cm³/mol. The molecular weight excluding hydrogens is 536 g/mol. The number of unbranched alkanes of at least 4 members (excludes halogenated alkanes) is 11. The molecule has 3 rings (SSSR count). The van der Waals surface area contributed by atoms with E-state index in [9.17, 15) is 4.79 Å². The minimum Gasteiger partial charge on any atom is -0.493 e. The Bertz CT molecular complexity index is 1120. The fourth-order valence-corrected chi connectivity index (χ4v) is 6.31. The summed E-state index contributed by atoms with van der Waals surface area (Å²) in [7, 11) is 0. The summed E-state index contributed by atoms with van der Waals surface area (Å²) < 4.78 is 6.33. The van der Waals surface area contributed by atoms with Gasteiger partial charge in [-0.2, -0.15) is 0 Å². The zero-order valence-electron chi connectivity index (χ0n) is 27.1. The summed E-state index contributed by atoms with van der Waals surface area (Å²) in [5.74, 6) is 1.82. The molecule has 0 fully saturated rings. The topological polar surface area (TPSA) is 41.6 Å². The second-order valence-corrected chi connectivity index (χ2v) is 13.8. The maximum absolute atomic E-state index is 13.1. The van der Waals surface area contributed by atoms with E-state index in [4.69, 9.17) is 4.74 Å². The quantitative estimate of drug-likeness (QED) is 0.165. The number of hydrogen-bond acceptors (Lipinski definition) is 4. The van der Waals surface area contributed by atoms with Gasteiger partial charge in [0.1, 0.15) is 5.75 Å². The normalized spacial score (nSPS) is 13.4. The van der Waals surface area contributed by atoms with Gasteiger partial charge in [0.05, 0.1) is 18.9 Å². The summed E-state index contributed by atoms with van der Waals surface area (Å²) in [6.45, 7) is 12.6. The van der Waals surface area contributed by atoms with Gasteiger partial charge in [0.2, 0.25) is 5.91 Å². The van der Waals surface area contributed by atoms with E-state index < -0.39 is 0 Å². The molecular formula is C37H56N2O2S. The van der Waals surface area contributed by atoms with Gasteiger partial charge in [0, 0.05) is 23.5 Å². The van der Waals surface area contributed by atoms with Gasteiger partial charge in [-0.3, -0.25) is 4.79 Å². The molecule has 4 nitrogen and oxygen atoms in total. The maximum Gasteiger partial charge on any atom is 0.228 e. The summed E-state index contributed by atoms with van der Waals surface area (Å²) in [4.78, 5) is 15.5. The van der Waals surface area contributed by atoms with Gasteiger partial charge >= 0.3 is 0 Å². The van der Waals surface area contributed by atoms with E-state index in [0.717, 1.165) is 35.8 Å². The first kappa shape index (κ1) is 34.1. The van der Waals surface area contributed by atoms with Crippen LogP contribution in [0.5, 0.6) is 5.75 Å². The van der Waals surface area contributed by atoms with Crippen molar-refractivity contribution in [1.82, 2.24) is 4.90 Å². The van der Waals surface area contributed by atoms with Crippen LogP contribution in [0, 0.1) is 0 Å². The first-order valence-electron chi connectivity index (χ1n) is 16.4. The molecule has 0 unspecified atom stereocenters. The zero-order valence-corrected chi connectivity index (χ0v) is 27.9. The average molecular weight is 593 g/mol. The second kappa shape index (κ2) is 18.3. The Morgan fingerprint density at radius 3 is 2.19 bits per heavy atom. The van der Waals surface area contributed by atoms with Crippen molar-refractivity contribution in [3.63, 3.8) is 0 Å². The first-order valence-corrected chi connectivity index (χ1v) is 17.5. The van der Waals surface area contributed by atoms with Gasteiger partial charge in [-0.1, -0.05) is 123 Å². The number of amides is 1. The summed E-state index contributed by atoms with van der Waals surface area (Å²) in [5, 5.41) is 5.33. The van der Waals surface area contributed by atoms with Crippen molar-refractivity contribution < 1.29 is 9.53 Å². The number of anilines is 1. The molecule has 232 valence electrons. The Morgan fingerprint density at radius 1 is 0.905 bits per heavy atom. The number of nitrogens with one attached hydrogen (secondary N) is 1. The summed E-state index contributed by atoms with van der Waals surface area (Å²) in [5.41, 5.74) is 5.54. The van der Waals surface area contributed by atoms with Crippen molar-refractivity contribution in [2.24, 2.45) is 0 Å². The van der Waals surface area contributed by atoms with Crippen molar-refractivity contribution >= 4 is 23.4 Å². The molecule has 0 aliphatic carbocycles. The third-order valence-corrected chi connectivity index (χ3v) is 9.08. The fourth-order valence-electron chi connectivity index (χ4n) is 5.37. The number of rotatable bonds is 19. The van der Waals surface area contributed by atoms with E-state index in [-0.39, 0.29) is 11.3 Å². The van der Waals surface area contributed by atoms with Gasteiger partial charge in [-0.15, -0.1) is 11.8 Å². The van der Waals surface area contributed by atoms with Crippen LogP contribution in [0.2, 0.25) is 0 Å². The molecule has 0 spiro atoms. The largest absolute Gasteiger partial charge is 0.493 e. The average Bonchev–Trinajstić information content (AvgIpc) is 3.35. The van der Waals surface area contributed by atoms with Gasteiger partial charge in [-0.25, -0.2) is 0 Å². The predicted octanol–water partition coefficient (Wildman–Crippen LogP) is 10.6. The van der Waals surface area contributed by atoms with E-state index in [1.807, 2.05) is 23.9 Å². The van der Waals surface area contributed by atoms with E-state index in [2.05, 4.69) is 80.6 Å². The van der Waals surface area contributed by atoms with Crippen LogP contribution in [-0.2, 0) is 23.2 Å².